The van der Waals surface area contributed by atoms with Gasteiger partial charge in [0, 0.05) is 6.61 Å². The first-order valence-electron chi connectivity index (χ1n) is 3.62. The first-order chi connectivity index (χ1) is 4.68. The lowest BCUT2D eigenvalue weighted by Crippen LogP contribution is -2.27. The lowest BCUT2D eigenvalue weighted by molar-refractivity contribution is 0.0150. The van der Waals surface area contributed by atoms with E-state index >= 15 is 0 Å². The van der Waals surface area contributed by atoms with Crippen molar-refractivity contribution in [1.29, 1.82) is 0 Å². The van der Waals surface area contributed by atoms with Crippen molar-refractivity contribution in [1.82, 2.24) is 0 Å². The van der Waals surface area contributed by atoms with Gasteiger partial charge in [0.05, 0.1) is 5.60 Å². The molecule has 0 bridgehead atoms. The summed E-state index contributed by atoms with van der Waals surface area (Å²) in [5.41, 5.74) is -0.726. The van der Waals surface area contributed by atoms with Crippen molar-refractivity contribution >= 4 is 0 Å². The molecule has 0 saturated carbocycles. The Balaban J connectivity index is 3.80. The Hall–Kier alpha value is -0.340. The highest BCUT2D eigenvalue weighted by Crippen LogP contribution is 2.18. The van der Waals surface area contributed by atoms with Crippen LogP contribution in [0.4, 0.5) is 0 Å². The Morgan fingerprint density at radius 2 is 2.20 bits per heavy atom. The minimum atomic E-state index is -0.726. The summed E-state index contributed by atoms with van der Waals surface area (Å²) in [7, 11) is 0. The summed E-state index contributed by atoms with van der Waals surface area (Å²) in [6.45, 7) is 5.48. The smallest absolute Gasteiger partial charge is 0.0701 e. The topological polar surface area (TPSA) is 40.5 Å². The molecule has 0 saturated heterocycles. The van der Waals surface area contributed by atoms with E-state index in [1.54, 1.807) is 6.08 Å². The quantitative estimate of drug-likeness (QED) is 0.567. The van der Waals surface area contributed by atoms with Crippen LogP contribution in [0.1, 0.15) is 26.2 Å². The van der Waals surface area contributed by atoms with Gasteiger partial charge in [-0.15, -0.1) is 6.58 Å². The highest BCUT2D eigenvalue weighted by atomic mass is 16.3. The van der Waals surface area contributed by atoms with E-state index < -0.39 is 5.60 Å². The molecule has 0 amide bonds. The summed E-state index contributed by atoms with van der Waals surface area (Å²) in [6, 6.07) is 0. The fourth-order valence-corrected chi connectivity index (χ4v) is 0.900. The maximum atomic E-state index is 9.59. The first kappa shape index (κ1) is 9.66. The Labute approximate surface area is 62.2 Å². The third-order valence-electron chi connectivity index (χ3n) is 1.76. The standard InChI is InChI=1S/C8H16O2/c1-3-5-8(10,4-2)6-7-9/h3,9-10H,1,4-7H2,2H3. The summed E-state index contributed by atoms with van der Waals surface area (Å²) in [5.74, 6) is 0. The van der Waals surface area contributed by atoms with E-state index in [1.165, 1.54) is 0 Å². The number of rotatable bonds is 5. The van der Waals surface area contributed by atoms with Crippen molar-refractivity contribution in [2.24, 2.45) is 0 Å². The molecule has 60 valence electrons. The zero-order valence-electron chi connectivity index (χ0n) is 6.51. The second-order valence-electron chi connectivity index (χ2n) is 2.54. The number of hydrogen-bond donors (Lipinski definition) is 2. The molecule has 0 aromatic heterocycles. The van der Waals surface area contributed by atoms with Gasteiger partial charge in [-0.3, -0.25) is 0 Å². The molecule has 0 radical (unpaired) electrons. The van der Waals surface area contributed by atoms with Crippen molar-refractivity contribution < 1.29 is 10.2 Å². The molecular weight excluding hydrogens is 128 g/mol. The highest BCUT2D eigenvalue weighted by molar-refractivity contribution is 4.84. The van der Waals surface area contributed by atoms with Crippen LogP contribution in [-0.4, -0.2) is 22.4 Å². The van der Waals surface area contributed by atoms with E-state index in [9.17, 15) is 5.11 Å². The van der Waals surface area contributed by atoms with Crippen LogP contribution in [0.5, 0.6) is 0 Å². The SMILES string of the molecule is C=CCC(O)(CC)CCO. The molecule has 1 atom stereocenters. The van der Waals surface area contributed by atoms with Gasteiger partial charge in [-0.1, -0.05) is 13.0 Å². The van der Waals surface area contributed by atoms with Crippen molar-refractivity contribution in [2.75, 3.05) is 6.61 Å². The molecule has 0 fully saturated rings. The molecule has 1 unspecified atom stereocenters. The fraction of sp³-hybridized carbons (Fsp3) is 0.750. The summed E-state index contributed by atoms with van der Waals surface area (Å²) in [6.07, 6.45) is 3.35. The molecule has 0 aliphatic heterocycles. The van der Waals surface area contributed by atoms with Crippen molar-refractivity contribution in [3.8, 4) is 0 Å². The summed E-state index contributed by atoms with van der Waals surface area (Å²) >= 11 is 0. The Morgan fingerprint density at radius 1 is 1.60 bits per heavy atom. The van der Waals surface area contributed by atoms with Crippen LogP contribution in [0, 0.1) is 0 Å². The molecule has 0 rings (SSSR count). The van der Waals surface area contributed by atoms with Gasteiger partial charge in [0.1, 0.15) is 0 Å². The van der Waals surface area contributed by atoms with Crippen molar-refractivity contribution in [3.63, 3.8) is 0 Å². The van der Waals surface area contributed by atoms with E-state index in [0.717, 1.165) is 0 Å². The fourth-order valence-electron chi connectivity index (χ4n) is 0.900. The van der Waals surface area contributed by atoms with Crippen LogP contribution in [0.15, 0.2) is 12.7 Å². The van der Waals surface area contributed by atoms with E-state index in [4.69, 9.17) is 5.11 Å². The Morgan fingerprint density at radius 3 is 2.50 bits per heavy atom. The zero-order chi connectivity index (χ0) is 8.04. The van der Waals surface area contributed by atoms with E-state index in [2.05, 4.69) is 6.58 Å². The average Bonchev–Trinajstić information content (AvgIpc) is 1.89. The molecule has 2 heteroatoms. The predicted molar refractivity (Wildman–Crippen MR) is 41.8 cm³/mol. The summed E-state index contributed by atoms with van der Waals surface area (Å²) < 4.78 is 0. The second-order valence-corrected chi connectivity index (χ2v) is 2.54. The molecule has 0 heterocycles. The molecule has 0 aliphatic rings. The Bertz CT molecular complexity index is 101. The van der Waals surface area contributed by atoms with Crippen LogP contribution in [-0.2, 0) is 0 Å². The molecule has 0 aromatic carbocycles. The van der Waals surface area contributed by atoms with Crippen molar-refractivity contribution in [2.45, 2.75) is 31.8 Å². The number of aliphatic hydroxyl groups excluding tert-OH is 1. The lowest BCUT2D eigenvalue weighted by Gasteiger charge is -2.23. The number of hydrogen-bond acceptors (Lipinski definition) is 2. The number of aliphatic hydroxyl groups is 2. The van der Waals surface area contributed by atoms with Crippen LogP contribution >= 0.6 is 0 Å². The Kier molecular flexibility index (Phi) is 4.32. The lowest BCUT2D eigenvalue weighted by atomic mass is 9.93. The minimum absolute atomic E-state index is 0.0399. The van der Waals surface area contributed by atoms with Gasteiger partial charge in [-0.25, -0.2) is 0 Å². The van der Waals surface area contributed by atoms with Crippen molar-refractivity contribution in [3.05, 3.63) is 12.7 Å². The van der Waals surface area contributed by atoms with E-state index in [1.807, 2.05) is 6.92 Å². The molecule has 10 heavy (non-hydrogen) atoms. The highest BCUT2D eigenvalue weighted by Gasteiger charge is 2.21. The van der Waals surface area contributed by atoms with Crippen LogP contribution < -0.4 is 0 Å². The molecule has 0 aliphatic carbocycles. The third kappa shape index (κ3) is 2.99. The minimum Gasteiger partial charge on any atom is -0.396 e. The molecule has 2 N–H and O–H groups in total. The molecule has 0 spiro atoms. The average molecular weight is 144 g/mol. The maximum absolute atomic E-state index is 9.59. The van der Waals surface area contributed by atoms with Gasteiger partial charge in [0.2, 0.25) is 0 Å². The monoisotopic (exact) mass is 144 g/mol. The van der Waals surface area contributed by atoms with Gasteiger partial charge in [-0.2, -0.15) is 0 Å². The van der Waals surface area contributed by atoms with Crippen LogP contribution in [0.25, 0.3) is 0 Å². The summed E-state index contributed by atoms with van der Waals surface area (Å²) in [4.78, 5) is 0. The van der Waals surface area contributed by atoms with Gasteiger partial charge >= 0.3 is 0 Å². The largest absolute Gasteiger partial charge is 0.396 e. The zero-order valence-corrected chi connectivity index (χ0v) is 6.51. The maximum Gasteiger partial charge on any atom is 0.0701 e. The molecular formula is C8H16O2. The molecule has 2 nitrogen and oxygen atoms in total. The normalized spacial score (nSPS) is 16.3. The first-order valence-corrected chi connectivity index (χ1v) is 3.62. The molecule has 0 aromatic rings. The van der Waals surface area contributed by atoms with Gasteiger partial charge in [-0.05, 0) is 19.3 Å². The van der Waals surface area contributed by atoms with E-state index in [0.29, 0.717) is 19.3 Å². The van der Waals surface area contributed by atoms with Gasteiger partial charge in [0.25, 0.3) is 0 Å². The second kappa shape index (κ2) is 4.47. The van der Waals surface area contributed by atoms with Gasteiger partial charge in [0.15, 0.2) is 0 Å². The summed E-state index contributed by atoms with van der Waals surface area (Å²) in [5, 5.41) is 18.2. The van der Waals surface area contributed by atoms with Crippen LogP contribution in [0.2, 0.25) is 0 Å². The predicted octanol–water partition coefficient (Wildman–Crippen LogP) is 1.09. The third-order valence-corrected chi connectivity index (χ3v) is 1.76. The van der Waals surface area contributed by atoms with E-state index in [-0.39, 0.29) is 6.61 Å². The van der Waals surface area contributed by atoms with Gasteiger partial charge < -0.3 is 10.2 Å². The van der Waals surface area contributed by atoms with Crippen LogP contribution in [0.3, 0.4) is 0 Å².